The molecule has 1 aliphatic carbocycles. The third kappa shape index (κ3) is 4.06. The van der Waals surface area contributed by atoms with Gasteiger partial charge < -0.3 is 30.2 Å². The molecule has 2 aliphatic rings. The molecule has 2 unspecified atom stereocenters. The summed E-state index contributed by atoms with van der Waals surface area (Å²) in [6, 6.07) is -0.128. The Labute approximate surface area is 164 Å². The van der Waals surface area contributed by atoms with Gasteiger partial charge in [-0.2, -0.15) is 4.68 Å². The quantitative estimate of drug-likeness (QED) is 0.580. The molecule has 2 fully saturated rings. The average molecular weight is 395 g/mol. The summed E-state index contributed by atoms with van der Waals surface area (Å²) in [6.07, 6.45) is 1.79. The largest absolute Gasteiger partial charge is 0.465 e. The molecule has 0 aromatic carbocycles. The number of aromatic nitrogens is 2. The number of anilines is 1. The number of hydrogen-bond donors (Lipinski definition) is 2. The predicted molar refractivity (Wildman–Crippen MR) is 103 cm³/mol. The number of rotatable bonds is 5. The van der Waals surface area contributed by atoms with E-state index in [1.54, 1.807) is 7.11 Å². The minimum atomic E-state index is -1.07. The molecule has 2 heterocycles. The molecule has 1 aliphatic heterocycles. The normalized spacial score (nSPS) is 23.4. The second-order valence-corrected chi connectivity index (χ2v) is 8.60. The molecule has 10 nitrogen and oxygen atoms in total. The van der Waals surface area contributed by atoms with Crippen LogP contribution < -0.4 is 10.2 Å². The van der Waals surface area contributed by atoms with Crippen molar-refractivity contribution in [1.29, 1.82) is 0 Å². The minimum absolute atomic E-state index is 0.0813. The highest BCUT2D eigenvalue weighted by Crippen LogP contribution is 2.46. The van der Waals surface area contributed by atoms with Crippen LogP contribution in [-0.4, -0.2) is 58.2 Å². The van der Waals surface area contributed by atoms with Gasteiger partial charge in [-0.15, -0.1) is 0 Å². The van der Waals surface area contributed by atoms with E-state index < -0.39 is 16.4 Å². The monoisotopic (exact) mass is 395 g/mol. The molecule has 28 heavy (non-hydrogen) atoms. The molecule has 3 rings (SSSR count). The lowest BCUT2D eigenvalue weighted by atomic mass is 9.87. The van der Waals surface area contributed by atoms with Crippen molar-refractivity contribution < 1.29 is 19.6 Å². The first kappa shape index (κ1) is 20.4. The molecule has 156 valence electrons. The maximum absolute atomic E-state index is 11.7. The summed E-state index contributed by atoms with van der Waals surface area (Å²) in [6.45, 7) is 7.07. The van der Waals surface area contributed by atoms with Gasteiger partial charge in [-0.25, -0.2) is 4.79 Å². The van der Waals surface area contributed by atoms with E-state index >= 15 is 0 Å². The molecule has 0 bridgehead atoms. The van der Waals surface area contributed by atoms with Crippen molar-refractivity contribution in [1.82, 2.24) is 15.1 Å². The topological polar surface area (TPSA) is 123 Å². The summed E-state index contributed by atoms with van der Waals surface area (Å²) >= 11 is 0. The van der Waals surface area contributed by atoms with Gasteiger partial charge in [-0.1, -0.05) is 20.8 Å². The van der Waals surface area contributed by atoms with E-state index in [9.17, 15) is 14.9 Å². The molecule has 1 amide bonds. The highest BCUT2D eigenvalue weighted by molar-refractivity contribution is 5.65. The first-order valence-electron chi connectivity index (χ1n) is 9.68. The van der Waals surface area contributed by atoms with Crippen LogP contribution in [0.3, 0.4) is 0 Å². The van der Waals surface area contributed by atoms with E-state index in [-0.39, 0.29) is 24.0 Å². The summed E-state index contributed by atoms with van der Waals surface area (Å²) in [5.41, 5.74) is 0.194. The van der Waals surface area contributed by atoms with Gasteiger partial charge in [-0.3, -0.25) is 0 Å². The van der Waals surface area contributed by atoms with E-state index in [2.05, 4.69) is 15.3 Å². The first-order chi connectivity index (χ1) is 13.1. The third-order valence-corrected chi connectivity index (χ3v) is 5.44. The summed E-state index contributed by atoms with van der Waals surface area (Å²) in [7, 11) is 1.58. The SMILES string of the molecule is COC1CCN(c2c(C(C)(C)C)c([N+](=O)[O-])nn2C2CC2)CCC1NC(=O)O. The lowest BCUT2D eigenvalue weighted by Gasteiger charge is -2.27. The van der Waals surface area contributed by atoms with Crippen LogP contribution >= 0.6 is 0 Å². The summed E-state index contributed by atoms with van der Waals surface area (Å²) < 4.78 is 7.34. The van der Waals surface area contributed by atoms with Crippen molar-refractivity contribution in [2.75, 3.05) is 25.1 Å². The van der Waals surface area contributed by atoms with Crippen LogP contribution in [0.5, 0.6) is 0 Å². The number of nitrogens with zero attached hydrogens (tertiary/aromatic N) is 4. The minimum Gasteiger partial charge on any atom is -0.465 e. The third-order valence-electron chi connectivity index (χ3n) is 5.44. The van der Waals surface area contributed by atoms with Crippen LogP contribution in [0.2, 0.25) is 0 Å². The number of nitro groups is 1. The lowest BCUT2D eigenvalue weighted by Crippen LogP contribution is -2.43. The Morgan fingerprint density at radius 1 is 1.29 bits per heavy atom. The van der Waals surface area contributed by atoms with Gasteiger partial charge in [0.1, 0.15) is 5.56 Å². The van der Waals surface area contributed by atoms with Crippen LogP contribution in [0, 0.1) is 10.1 Å². The molecule has 1 aromatic rings. The van der Waals surface area contributed by atoms with E-state index in [4.69, 9.17) is 9.84 Å². The smallest absolute Gasteiger partial charge is 0.404 e. The van der Waals surface area contributed by atoms with E-state index in [0.717, 1.165) is 18.7 Å². The maximum Gasteiger partial charge on any atom is 0.404 e. The average Bonchev–Trinajstić information content (AvgIpc) is 3.37. The van der Waals surface area contributed by atoms with Crippen molar-refractivity contribution in [3.8, 4) is 0 Å². The molecule has 1 saturated heterocycles. The van der Waals surface area contributed by atoms with Crippen LogP contribution in [0.1, 0.15) is 58.1 Å². The number of methoxy groups -OCH3 is 1. The second-order valence-electron chi connectivity index (χ2n) is 8.60. The molecule has 1 saturated carbocycles. The van der Waals surface area contributed by atoms with E-state index in [1.807, 2.05) is 25.5 Å². The zero-order valence-electron chi connectivity index (χ0n) is 16.8. The molecular weight excluding hydrogens is 366 g/mol. The molecule has 10 heteroatoms. The Hall–Kier alpha value is -2.36. The molecular formula is C18H29N5O5. The fraction of sp³-hybridized carbons (Fsp3) is 0.778. The van der Waals surface area contributed by atoms with Crippen molar-refractivity contribution >= 4 is 17.7 Å². The van der Waals surface area contributed by atoms with Crippen LogP contribution in [0.15, 0.2) is 0 Å². The number of carbonyl (C=O) groups is 1. The summed E-state index contributed by atoms with van der Waals surface area (Å²) in [5, 5.41) is 27.8. The Balaban J connectivity index is 2.00. The molecule has 0 spiro atoms. The van der Waals surface area contributed by atoms with Gasteiger partial charge >= 0.3 is 11.9 Å². The highest BCUT2D eigenvalue weighted by atomic mass is 16.6. The predicted octanol–water partition coefficient (Wildman–Crippen LogP) is 2.68. The van der Waals surface area contributed by atoms with Crippen LogP contribution in [-0.2, 0) is 10.2 Å². The Morgan fingerprint density at radius 3 is 2.43 bits per heavy atom. The van der Waals surface area contributed by atoms with Crippen LogP contribution in [0.25, 0.3) is 0 Å². The Morgan fingerprint density at radius 2 is 1.93 bits per heavy atom. The zero-order valence-corrected chi connectivity index (χ0v) is 16.8. The number of ether oxygens (including phenoxy) is 1. The second kappa shape index (κ2) is 7.57. The maximum atomic E-state index is 11.7. The van der Waals surface area contributed by atoms with Crippen molar-refractivity contribution in [3.05, 3.63) is 15.7 Å². The van der Waals surface area contributed by atoms with Crippen molar-refractivity contribution in [2.24, 2.45) is 0 Å². The number of carboxylic acid groups (broad SMARTS) is 1. The van der Waals surface area contributed by atoms with Crippen LogP contribution in [0.4, 0.5) is 16.4 Å². The van der Waals surface area contributed by atoms with E-state index in [1.165, 1.54) is 0 Å². The molecule has 1 aromatic heterocycles. The fourth-order valence-corrected chi connectivity index (χ4v) is 3.98. The molecule has 0 radical (unpaired) electrons. The standard InChI is InChI=1S/C18H29N5O5/c1-18(2,3)14-15(23(26)27)20-22(11-5-6-11)16(14)21-9-7-12(19-17(24)25)13(28-4)8-10-21/h11-13,19H,5-10H2,1-4H3,(H,24,25). The van der Waals surface area contributed by atoms with E-state index in [0.29, 0.717) is 31.5 Å². The van der Waals surface area contributed by atoms with Crippen molar-refractivity contribution in [2.45, 2.75) is 70.1 Å². The van der Waals surface area contributed by atoms with Gasteiger partial charge in [0.05, 0.1) is 23.3 Å². The van der Waals surface area contributed by atoms with Gasteiger partial charge in [-0.05, 0) is 36.0 Å². The number of amides is 1. The van der Waals surface area contributed by atoms with Gasteiger partial charge in [0.25, 0.3) is 0 Å². The lowest BCUT2D eigenvalue weighted by molar-refractivity contribution is -0.390. The van der Waals surface area contributed by atoms with Gasteiger partial charge in [0.15, 0.2) is 5.82 Å². The van der Waals surface area contributed by atoms with Gasteiger partial charge in [0.2, 0.25) is 0 Å². The molecule has 2 N–H and O–H groups in total. The fourth-order valence-electron chi connectivity index (χ4n) is 3.98. The number of hydrogen-bond acceptors (Lipinski definition) is 6. The Kier molecular flexibility index (Phi) is 5.51. The molecule has 2 atom stereocenters. The Bertz CT molecular complexity index is 752. The highest BCUT2D eigenvalue weighted by Gasteiger charge is 2.43. The number of nitrogens with one attached hydrogen (secondary N) is 1. The zero-order chi connectivity index (χ0) is 20.6. The van der Waals surface area contributed by atoms with Gasteiger partial charge in [0, 0.05) is 20.2 Å². The summed E-state index contributed by atoms with van der Waals surface area (Å²) in [4.78, 5) is 24.6. The summed E-state index contributed by atoms with van der Waals surface area (Å²) in [5.74, 6) is 0.717. The van der Waals surface area contributed by atoms with Crippen molar-refractivity contribution in [3.63, 3.8) is 0 Å². The first-order valence-corrected chi connectivity index (χ1v) is 9.68.